The fourth-order valence-corrected chi connectivity index (χ4v) is 4.17. The van der Waals surface area contributed by atoms with Crippen molar-refractivity contribution in [1.82, 2.24) is 9.47 Å². The van der Waals surface area contributed by atoms with Crippen molar-refractivity contribution < 1.29 is 22.7 Å². The maximum absolute atomic E-state index is 12.9. The van der Waals surface area contributed by atoms with E-state index in [1.807, 2.05) is 30.7 Å². The number of fused-ring (bicyclic) bond motifs is 1. The molecule has 0 aliphatic heterocycles. The lowest BCUT2D eigenvalue weighted by molar-refractivity contribution is -0.129. The van der Waals surface area contributed by atoms with Gasteiger partial charge < -0.3 is 18.9 Å². The van der Waals surface area contributed by atoms with E-state index in [1.165, 1.54) is 17.0 Å². The van der Waals surface area contributed by atoms with Gasteiger partial charge in [0.1, 0.15) is 6.54 Å². The number of amides is 1. The van der Waals surface area contributed by atoms with Crippen LogP contribution < -0.4 is 14.2 Å². The Bertz CT molecular complexity index is 1190. The summed E-state index contributed by atoms with van der Waals surface area (Å²) in [4.78, 5) is 13.6. The van der Waals surface area contributed by atoms with Crippen LogP contribution in [0.3, 0.4) is 0 Å². The summed E-state index contributed by atoms with van der Waals surface area (Å²) in [6.45, 7) is 4.73. The van der Waals surface area contributed by atoms with Crippen LogP contribution in [0.1, 0.15) is 13.8 Å². The molecule has 0 unspecified atom stereocenters. The molecule has 0 spiro atoms. The van der Waals surface area contributed by atoms with Crippen LogP contribution in [0.15, 0.2) is 53.6 Å². The molecule has 2 aromatic carbocycles. The minimum absolute atomic E-state index is 0.0251. The Balaban J connectivity index is 1.86. The van der Waals surface area contributed by atoms with Crippen LogP contribution in [0.25, 0.3) is 10.9 Å². The van der Waals surface area contributed by atoms with Crippen molar-refractivity contribution in [1.29, 1.82) is 0 Å². The van der Waals surface area contributed by atoms with Crippen molar-refractivity contribution in [3.8, 4) is 11.5 Å². The van der Waals surface area contributed by atoms with Crippen LogP contribution in [-0.2, 0) is 21.4 Å². The molecule has 0 aliphatic rings. The van der Waals surface area contributed by atoms with Crippen molar-refractivity contribution in [2.75, 3.05) is 32.0 Å². The summed E-state index contributed by atoms with van der Waals surface area (Å²) in [5.41, 5.74) is 1.27. The Morgan fingerprint density at radius 2 is 1.71 bits per heavy atom. The number of hydrogen-bond donors (Lipinski definition) is 1. The molecule has 1 amide bonds. The molecule has 0 saturated carbocycles. The lowest BCUT2D eigenvalue weighted by Gasteiger charge is -2.14. The summed E-state index contributed by atoms with van der Waals surface area (Å²) in [6.07, 6.45) is 1.81. The molecule has 3 rings (SSSR count). The Morgan fingerprint density at radius 3 is 2.39 bits per heavy atom. The summed E-state index contributed by atoms with van der Waals surface area (Å²) < 4.78 is 41.3. The van der Waals surface area contributed by atoms with Crippen molar-refractivity contribution in [2.24, 2.45) is 0 Å². The number of carbonyl (C=O) groups is 1. The lowest BCUT2D eigenvalue weighted by Crippen LogP contribution is -2.25. The topological polar surface area (TPSA) is 89.9 Å². The van der Waals surface area contributed by atoms with Gasteiger partial charge in [0.25, 0.3) is 10.0 Å². The lowest BCUT2D eigenvalue weighted by atomic mass is 10.2. The van der Waals surface area contributed by atoms with Crippen LogP contribution >= 0.6 is 0 Å². The van der Waals surface area contributed by atoms with Gasteiger partial charge in [-0.15, -0.1) is 0 Å². The van der Waals surface area contributed by atoms with Crippen LogP contribution in [0, 0.1) is 0 Å². The number of carbonyl (C=O) groups excluding carboxylic acids is 1. The van der Waals surface area contributed by atoms with E-state index in [1.54, 1.807) is 38.4 Å². The zero-order valence-electron chi connectivity index (χ0n) is 18.1. The molecule has 0 fully saturated rings. The smallest absolute Gasteiger partial charge is 0.262 e. The molecule has 0 bridgehead atoms. The number of nitrogens with zero attached hydrogens (tertiary/aromatic N) is 2. The molecule has 1 heterocycles. The Hall–Kier alpha value is -3.20. The monoisotopic (exact) mass is 445 g/mol. The summed E-state index contributed by atoms with van der Waals surface area (Å²) >= 11 is 0. The molecule has 8 nitrogen and oxygen atoms in total. The first-order valence-electron chi connectivity index (χ1n) is 9.96. The number of sulfonamides is 1. The number of likely N-dealkylation sites (N-methyl/N-ethyl adjacent to an activating group) is 1. The van der Waals surface area contributed by atoms with Crippen molar-refractivity contribution in [3.63, 3.8) is 0 Å². The van der Waals surface area contributed by atoms with Gasteiger partial charge in [-0.25, -0.2) is 8.42 Å². The molecule has 0 aliphatic carbocycles. The molecule has 0 atom stereocenters. The second-order valence-corrected chi connectivity index (χ2v) is 8.77. The first kappa shape index (κ1) is 22.5. The van der Waals surface area contributed by atoms with Gasteiger partial charge in [0.15, 0.2) is 11.5 Å². The standard InChI is InChI=1S/C22H27N3O5S/c1-5-29-20-10-8-18(14-21(20)30-6-2)31(27,28)23-17-7-9-19-16(13-17)11-12-25(19)15-22(26)24(3)4/h7-14,23H,5-6,15H2,1-4H3. The van der Waals surface area contributed by atoms with Gasteiger partial charge in [0.2, 0.25) is 5.91 Å². The SMILES string of the molecule is CCOc1ccc(S(=O)(=O)Nc2ccc3c(ccn3CC(=O)N(C)C)c2)cc1OCC. The second-order valence-electron chi connectivity index (χ2n) is 7.09. The quantitative estimate of drug-likeness (QED) is 0.546. The summed E-state index contributed by atoms with van der Waals surface area (Å²) in [5, 5.41) is 0.827. The van der Waals surface area contributed by atoms with Crippen molar-refractivity contribution in [2.45, 2.75) is 25.3 Å². The van der Waals surface area contributed by atoms with E-state index in [9.17, 15) is 13.2 Å². The van der Waals surface area contributed by atoms with E-state index < -0.39 is 10.0 Å². The maximum atomic E-state index is 12.9. The molecule has 3 aromatic rings. The molecule has 0 radical (unpaired) electrons. The normalized spacial score (nSPS) is 11.4. The molecule has 0 saturated heterocycles. The number of ether oxygens (including phenoxy) is 2. The minimum Gasteiger partial charge on any atom is -0.490 e. The first-order valence-corrected chi connectivity index (χ1v) is 11.4. The number of benzene rings is 2. The fraction of sp³-hybridized carbons (Fsp3) is 0.318. The van der Waals surface area contributed by atoms with Crippen LogP contribution in [0.2, 0.25) is 0 Å². The molecule has 166 valence electrons. The second kappa shape index (κ2) is 9.30. The van der Waals surface area contributed by atoms with Gasteiger partial charge in [-0.05, 0) is 50.2 Å². The Kier molecular flexibility index (Phi) is 6.74. The molecule has 1 aromatic heterocycles. The average molecular weight is 446 g/mol. The van der Waals surface area contributed by atoms with Crippen LogP contribution in [0.4, 0.5) is 5.69 Å². The third kappa shape index (κ3) is 5.11. The number of aromatic nitrogens is 1. The van der Waals surface area contributed by atoms with E-state index >= 15 is 0 Å². The average Bonchev–Trinajstić information content (AvgIpc) is 3.11. The largest absolute Gasteiger partial charge is 0.490 e. The molecule has 31 heavy (non-hydrogen) atoms. The van der Waals surface area contributed by atoms with E-state index in [0.29, 0.717) is 30.4 Å². The van der Waals surface area contributed by atoms with Gasteiger partial charge in [0, 0.05) is 42.9 Å². The van der Waals surface area contributed by atoms with Crippen molar-refractivity contribution in [3.05, 3.63) is 48.7 Å². The predicted molar refractivity (Wildman–Crippen MR) is 120 cm³/mol. The van der Waals surface area contributed by atoms with Gasteiger partial charge >= 0.3 is 0 Å². The zero-order chi connectivity index (χ0) is 22.6. The molecule has 9 heteroatoms. The summed E-state index contributed by atoms with van der Waals surface area (Å²) in [6, 6.07) is 11.6. The third-order valence-corrected chi connectivity index (χ3v) is 6.03. The number of nitrogens with one attached hydrogen (secondary N) is 1. The fourth-order valence-electron chi connectivity index (χ4n) is 3.10. The van der Waals surface area contributed by atoms with E-state index in [-0.39, 0.29) is 17.3 Å². The van der Waals surface area contributed by atoms with E-state index in [2.05, 4.69) is 4.72 Å². The van der Waals surface area contributed by atoms with Gasteiger partial charge in [-0.2, -0.15) is 0 Å². The number of anilines is 1. The summed E-state index contributed by atoms with van der Waals surface area (Å²) in [7, 11) is -0.417. The maximum Gasteiger partial charge on any atom is 0.262 e. The Labute approximate surface area is 182 Å². The van der Waals surface area contributed by atoms with E-state index in [0.717, 1.165) is 10.9 Å². The van der Waals surface area contributed by atoms with Crippen LogP contribution in [-0.4, -0.2) is 51.1 Å². The molecular weight excluding hydrogens is 418 g/mol. The first-order chi connectivity index (χ1) is 14.7. The zero-order valence-corrected chi connectivity index (χ0v) is 18.9. The molecular formula is C22H27N3O5S. The predicted octanol–water partition coefficient (Wildman–Crippen LogP) is 3.33. The van der Waals surface area contributed by atoms with Gasteiger partial charge in [-0.3, -0.25) is 9.52 Å². The highest BCUT2D eigenvalue weighted by Crippen LogP contribution is 2.31. The van der Waals surface area contributed by atoms with Gasteiger partial charge in [0.05, 0.1) is 18.1 Å². The molecule has 1 N–H and O–H groups in total. The Morgan fingerprint density at radius 1 is 1.00 bits per heavy atom. The number of hydrogen-bond acceptors (Lipinski definition) is 5. The van der Waals surface area contributed by atoms with Gasteiger partial charge in [-0.1, -0.05) is 0 Å². The highest BCUT2D eigenvalue weighted by Gasteiger charge is 2.18. The van der Waals surface area contributed by atoms with Crippen molar-refractivity contribution >= 4 is 32.5 Å². The minimum atomic E-state index is -3.83. The third-order valence-electron chi connectivity index (χ3n) is 4.65. The summed E-state index contributed by atoms with van der Waals surface area (Å²) in [5.74, 6) is 0.853. The number of rotatable bonds is 9. The highest BCUT2D eigenvalue weighted by atomic mass is 32.2. The highest BCUT2D eigenvalue weighted by molar-refractivity contribution is 7.92. The van der Waals surface area contributed by atoms with Crippen LogP contribution in [0.5, 0.6) is 11.5 Å². The van der Waals surface area contributed by atoms with E-state index in [4.69, 9.17) is 9.47 Å².